The van der Waals surface area contributed by atoms with Crippen LogP contribution in [0.4, 0.5) is 41.7 Å². The minimum absolute atomic E-state index is 0.0525. The van der Waals surface area contributed by atoms with Crippen LogP contribution in [0.5, 0.6) is 11.5 Å². The Morgan fingerprint density at radius 3 is 2.14 bits per heavy atom. The number of amides is 4. The van der Waals surface area contributed by atoms with Crippen molar-refractivity contribution in [2.75, 3.05) is 36.4 Å². The van der Waals surface area contributed by atoms with Gasteiger partial charge in [0.1, 0.15) is 0 Å². The summed E-state index contributed by atoms with van der Waals surface area (Å²) in [7, 11) is 4.03. The second-order valence-corrected chi connectivity index (χ2v) is 16.4. The fourth-order valence-corrected chi connectivity index (χ4v) is 10.1. The summed E-state index contributed by atoms with van der Waals surface area (Å²) in [6.07, 6.45) is -3.09. The summed E-state index contributed by atoms with van der Waals surface area (Å²) in [5.74, 6) is -10.3. The zero-order valence-corrected chi connectivity index (χ0v) is 34.4. The number of carbonyl (C=O) groups is 4. The van der Waals surface area contributed by atoms with Crippen LogP contribution in [0, 0.1) is 43.9 Å². The number of carbonyl (C=O) groups excluding carboxylic acids is 4. The predicted molar refractivity (Wildman–Crippen MR) is 218 cm³/mol. The lowest BCUT2D eigenvalue weighted by Gasteiger charge is -2.50. The van der Waals surface area contributed by atoms with Gasteiger partial charge in [0.2, 0.25) is 11.8 Å². The Hall–Kier alpha value is -6.80. The predicted octanol–water partition coefficient (Wildman–Crippen LogP) is 7.19. The maximum absolute atomic E-state index is 15.4. The van der Waals surface area contributed by atoms with Crippen LogP contribution >= 0.6 is 23.2 Å². The van der Waals surface area contributed by atoms with E-state index >= 15 is 4.79 Å². The Balaban J connectivity index is 1.31. The van der Waals surface area contributed by atoms with E-state index in [1.54, 1.807) is 12.1 Å². The van der Waals surface area contributed by atoms with E-state index in [1.165, 1.54) is 57.6 Å². The molecule has 3 fully saturated rings. The van der Waals surface area contributed by atoms with Gasteiger partial charge in [0.25, 0.3) is 11.8 Å². The topological polar surface area (TPSA) is 219 Å². The van der Waals surface area contributed by atoms with Crippen LogP contribution in [0.1, 0.15) is 35.4 Å². The van der Waals surface area contributed by atoms with E-state index in [-0.39, 0.29) is 46.2 Å². The molecule has 0 spiro atoms. The van der Waals surface area contributed by atoms with Gasteiger partial charge in [0, 0.05) is 43.4 Å². The molecule has 6 atom stereocenters. The molecule has 1 aromatic heterocycles. The highest BCUT2D eigenvalue weighted by molar-refractivity contribution is 6.33. The Kier molecular flexibility index (Phi) is 10.4. The molecule has 17 nitrogen and oxygen atoms in total. The van der Waals surface area contributed by atoms with Gasteiger partial charge in [-0.3, -0.25) is 44.8 Å². The molecule has 63 heavy (non-hydrogen) atoms. The van der Waals surface area contributed by atoms with Crippen molar-refractivity contribution in [1.29, 1.82) is 0 Å². The number of alkyl halides is 3. The SMILES string of the molecule is COc1ccc(C2C3=CCC4C(=O)N(c5cc([N+](=O)[O-])c(N(C)C)c([N+](=O)[O-])c5)C(=O)C4C3CC3C(=O)N(Nc4ncc(C(F)(F)F)cc4Cl)C(=O)C32c2ccc(Cl)cc2)cc1O. The number of aromatic hydroxyl groups is 1. The minimum atomic E-state index is -4.82. The summed E-state index contributed by atoms with van der Waals surface area (Å²) in [6, 6.07) is 12.7. The van der Waals surface area contributed by atoms with E-state index in [9.17, 15) is 52.9 Å². The van der Waals surface area contributed by atoms with Gasteiger partial charge in [0.15, 0.2) is 23.0 Å². The quantitative estimate of drug-likeness (QED) is 0.0736. The molecule has 4 amide bonds. The Morgan fingerprint density at radius 1 is 0.937 bits per heavy atom. The summed E-state index contributed by atoms with van der Waals surface area (Å²) >= 11 is 12.6. The number of rotatable bonds is 9. The molecule has 0 radical (unpaired) electrons. The number of nitro groups is 2. The Bertz CT molecular complexity index is 2680. The summed E-state index contributed by atoms with van der Waals surface area (Å²) in [6.45, 7) is 0. The number of hydrogen-bond donors (Lipinski definition) is 2. The molecule has 3 aromatic carbocycles. The number of nitro benzene ring substituents is 2. The average molecular weight is 911 g/mol. The van der Waals surface area contributed by atoms with Gasteiger partial charge < -0.3 is 14.7 Å². The normalized spacial score (nSPS) is 24.1. The first kappa shape index (κ1) is 42.9. The smallest absolute Gasteiger partial charge is 0.417 e. The second-order valence-electron chi connectivity index (χ2n) is 15.6. The molecule has 8 rings (SSSR count). The summed E-state index contributed by atoms with van der Waals surface area (Å²) in [5.41, 5.74) is -1.96. The standard InChI is InChI=1S/C41H32Cl2F3N7O10/c1-49(2)34-28(52(59)60)14-22(15-29(34)53(61)62)50-36(55)24-10-9-23-25(32(24)38(50)57)16-26-37(56)51(48-35-27(43)13-20(17-47-35)41(44,45)46)39(58)40(26,19-5-7-21(42)8-6-19)33(23)18-4-11-31(63-3)30(54)12-18/h4-9,11-15,17,24-26,32-33,54H,10,16H2,1-3H3,(H,47,48). The van der Waals surface area contributed by atoms with Crippen molar-refractivity contribution in [3.63, 3.8) is 0 Å². The van der Waals surface area contributed by atoms with Gasteiger partial charge in [-0.25, -0.2) is 9.88 Å². The number of pyridine rings is 1. The van der Waals surface area contributed by atoms with Crippen LogP contribution < -0.4 is 20.0 Å². The molecule has 3 heterocycles. The van der Waals surface area contributed by atoms with Crippen molar-refractivity contribution >= 4 is 75.4 Å². The number of hydrogen-bond acceptors (Lipinski definition) is 13. The number of methoxy groups -OCH3 is 1. The third kappa shape index (κ3) is 6.57. The molecule has 6 unspecified atom stereocenters. The zero-order valence-electron chi connectivity index (χ0n) is 32.9. The van der Waals surface area contributed by atoms with Crippen molar-refractivity contribution in [3.8, 4) is 11.5 Å². The molecular formula is C41H32Cl2F3N7O10. The van der Waals surface area contributed by atoms with Gasteiger partial charge in [-0.15, -0.1) is 0 Å². The third-order valence-corrected chi connectivity index (χ3v) is 12.8. The Morgan fingerprint density at radius 2 is 1.59 bits per heavy atom. The minimum Gasteiger partial charge on any atom is -0.504 e. The van der Waals surface area contributed by atoms with Crippen LogP contribution in [-0.2, 0) is 30.8 Å². The first-order valence-electron chi connectivity index (χ1n) is 18.9. The molecule has 1 saturated carbocycles. The number of halogens is 5. The van der Waals surface area contributed by atoms with Crippen LogP contribution in [0.3, 0.4) is 0 Å². The van der Waals surface area contributed by atoms with Gasteiger partial charge >= 0.3 is 17.6 Å². The molecule has 2 saturated heterocycles. The molecule has 4 aromatic rings. The molecule has 2 aliphatic heterocycles. The van der Waals surface area contributed by atoms with Gasteiger partial charge in [0.05, 0.1) is 56.4 Å². The highest BCUT2D eigenvalue weighted by atomic mass is 35.5. The maximum Gasteiger partial charge on any atom is 0.417 e. The molecule has 326 valence electrons. The molecule has 4 aliphatic rings. The second kappa shape index (κ2) is 15.2. The lowest BCUT2D eigenvalue weighted by atomic mass is 9.49. The highest BCUT2D eigenvalue weighted by Gasteiger charge is 2.70. The maximum atomic E-state index is 15.4. The number of imide groups is 2. The average Bonchev–Trinajstić information content (AvgIpc) is 3.61. The molecule has 22 heteroatoms. The number of ether oxygens (including phenoxy) is 1. The van der Waals surface area contributed by atoms with Gasteiger partial charge in [-0.1, -0.05) is 53.1 Å². The van der Waals surface area contributed by atoms with E-state index in [0.29, 0.717) is 27.7 Å². The lowest BCUT2D eigenvalue weighted by Crippen LogP contribution is -2.53. The van der Waals surface area contributed by atoms with Crippen molar-refractivity contribution < 1.29 is 52.0 Å². The number of aromatic nitrogens is 1. The number of phenols is 1. The van der Waals surface area contributed by atoms with E-state index in [4.69, 9.17) is 27.9 Å². The highest BCUT2D eigenvalue weighted by Crippen LogP contribution is 2.65. The van der Waals surface area contributed by atoms with E-state index < -0.39 is 108 Å². The largest absolute Gasteiger partial charge is 0.504 e. The fourth-order valence-electron chi connectivity index (χ4n) is 9.75. The van der Waals surface area contributed by atoms with Crippen molar-refractivity contribution in [3.05, 3.63) is 125 Å². The Labute approximate surface area is 363 Å². The van der Waals surface area contributed by atoms with E-state index in [2.05, 4.69) is 10.4 Å². The van der Waals surface area contributed by atoms with Crippen molar-refractivity contribution in [2.45, 2.75) is 30.4 Å². The third-order valence-electron chi connectivity index (χ3n) is 12.2. The number of benzene rings is 3. The summed E-state index contributed by atoms with van der Waals surface area (Å²) < 4.78 is 45.9. The van der Waals surface area contributed by atoms with Gasteiger partial charge in [-0.2, -0.15) is 18.2 Å². The zero-order chi connectivity index (χ0) is 45.6. The molecule has 2 N–H and O–H groups in total. The van der Waals surface area contributed by atoms with Crippen LogP contribution in [-0.4, -0.2) is 69.8 Å². The van der Waals surface area contributed by atoms with Crippen LogP contribution in [0.2, 0.25) is 10.0 Å². The summed E-state index contributed by atoms with van der Waals surface area (Å²) in [5, 5.41) is 35.9. The molecule has 0 bridgehead atoms. The number of allylic oxidation sites excluding steroid dienone is 2. The van der Waals surface area contributed by atoms with Crippen molar-refractivity contribution in [1.82, 2.24) is 9.99 Å². The van der Waals surface area contributed by atoms with Crippen LogP contribution in [0.15, 0.2) is 78.5 Å². The summed E-state index contributed by atoms with van der Waals surface area (Å²) in [4.78, 5) is 87.9. The number of phenolic OH excluding ortho intramolecular Hbond substituents is 1. The lowest BCUT2D eigenvalue weighted by molar-refractivity contribution is -0.392. The number of anilines is 3. The number of hydrazine groups is 1. The first-order chi connectivity index (χ1) is 29.7. The molecular weight excluding hydrogens is 878 g/mol. The van der Waals surface area contributed by atoms with Crippen LogP contribution in [0.25, 0.3) is 0 Å². The monoisotopic (exact) mass is 909 g/mol. The number of nitrogens with one attached hydrogen (secondary N) is 1. The van der Waals surface area contributed by atoms with Gasteiger partial charge in [-0.05, 0) is 60.2 Å². The first-order valence-corrected chi connectivity index (χ1v) is 19.7. The van der Waals surface area contributed by atoms with E-state index in [1.807, 2.05) is 0 Å². The van der Waals surface area contributed by atoms with Crippen molar-refractivity contribution in [2.24, 2.45) is 23.7 Å². The van der Waals surface area contributed by atoms with E-state index in [0.717, 1.165) is 17.0 Å². The fraction of sp³-hybridized carbons (Fsp3) is 0.293. The number of fused-ring (bicyclic) bond motifs is 4. The molecule has 2 aliphatic carbocycles. The number of nitrogens with zero attached hydrogens (tertiary/aromatic N) is 6.